The van der Waals surface area contributed by atoms with Crippen molar-refractivity contribution in [3.05, 3.63) is 68.1 Å². The first-order valence-electron chi connectivity index (χ1n) is 6.79. The first-order chi connectivity index (χ1) is 9.54. The van der Waals surface area contributed by atoms with Crippen LogP contribution < -0.4 is 5.32 Å². The smallest absolute Gasteiger partial charge is 0.0588 e. The molecule has 106 valence electrons. The van der Waals surface area contributed by atoms with Crippen molar-refractivity contribution < 1.29 is 0 Å². The van der Waals surface area contributed by atoms with Crippen molar-refractivity contribution in [2.45, 2.75) is 26.8 Å². The van der Waals surface area contributed by atoms with Crippen molar-refractivity contribution in [3.63, 3.8) is 0 Å². The number of rotatable bonds is 4. The Morgan fingerprint density at radius 2 is 1.90 bits per heavy atom. The lowest BCUT2D eigenvalue weighted by atomic mass is 9.96. The van der Waals surface area contributed by atoms with Gasteiger partial charge < -0.3 is 5.32 Å². The molecule has 20 heavy (non-hydrogen) atoms. The van der Waals surface area contributed by atoms with E-state index >= 15 is 0 Å². The molecule has 1 nitrogen and oxygen atoms in total. The summed E-state index contributed by atoms with van der Waals surface area (Å²) in [7, 11) is 0. The zero-order chi connectivity index (χ0) is 14.7. The van der Waals surface area contributed by atoms with E-state index in [2.05, 4.69) is 71.5 Å². The largest absolute Gasteiger partial charge is 0.306 e. The van der Waals surface area contributed by atoms with Crippen LogP contribution in [0.25, 0.3) is 0 Å². The Hall–Kier alpha value is -0.830. The number of halogens is 2. The first-order valence-corrected chi connectivity index (χ1v) is 7.96. The third-order valence-electron chi connectivity index (χ3n) is 3.47. The fourth-order valence-electron chi connectivity index (χ4n) is 2.29. The zero-order valence-corrected chi connectivity index (χ0v) is 14.3. The summed E-state index contributed by atoms with van der Waals surface area (Å²) in [6.07, 6.45) is 0. The molecule has 0 spiro atoms. The van der Waals surface area contributed by atoms with Crippen LogP contribution in [-0.4, -0.2) is 6.54 Å². The van der Waals surface area contributed by atoms with Crippen LogP contribution in [-0.2, 0) is 0 Å². The Morgan fingerprint density at radius 1 is 1.15 bits per heavy atom. The van der Waals surface area contributed by atoms with Crippen LogP contribution in [0.1, 0.15) is 35.2 Å². The van der Waals surface area contributed by atoms with Crippen LogP contribution in [0.5, 0.6) is 0 Å². The van der Waals surface area contributed by atoms with Gasteiger partial charge in [0, 0.05) is 9.50 Å². The second-order valence-corrected chi connectivity index (χ2v) is 6.18. The Kier molecular flexibility index (Phi) is 5.25. The van der Waals surface area contributed by atoms with E-state index in [9.17, 15) is 0 Å². The van der Waals surface area contributed by atoms with E-state index in [1.54, 1.807) is 0 Å². The molecule has 2 rings (SSSR count). The summed E-state index contributed by atoms with van der Waals surface area (Å²) in [6, 6.07) is 12.8. The van der Waals surface area contributed by atoms with E-state index in [4.69, 9.17) is 11.6 Å². The summed E-state index contributed by atoms with van der Waals surface area (Å²) in [5.41, 5.74) is 4.78. The molecule has 1 unspecified atom stereocenters. The predicted molar refractivity (Wildman–Crippen MR) is 90.6 cm³/mol. The standard InChI is InChI=1S/C17H19BrClN/c1-4-20-17(13-9-8-11(2)15(19)10-13)14-7-5-6-12(3)16(14)18/h5-10,17,20H,4H2,1-3H3. The Balaban J connectivity index is 2.50. The Morgan fingerprint density at radius 3 is 2.55 bits per heavy atom. The van der Waals surface area contributed by atoms with E-state index in [0.717, 1.165) is 21.6 Å². The van der Waals surface area contributed by atoms with Crippen LogP contribution in [0.3, 0.4) is 0 Å². The quantitative estimate of drug-likeness (QED) is 0.775. The highest BCUT2D eigenvalue weighted by Gasteiger charge is 2.17. The minimum absolute atomic E-state index is 0.146. The van der Waals surface area contributed by atoms with Gasteiger partial charge in [0.25, 0.3) is 0 Å². The number of aryl methyl sites for hydroxylation is 2. The lowest BCUT2D eigenvalue weighted by Gasteiger charge is -2.21. The van der Waals surface area contributed by atoms with Gasteiger partial charge in [0.1, 0.15) is 0 Å². The van der Waals surface area contributed by atoms with Crippen molar-refractivity contribution >= 4 is 27.5 Å². The molecular formula is C17H19BrClN. The molecule has 0 aliphatic carbocycles. The molecule has 0 saturated carbocycles. The molecule has 0 aromatic heterocycles. The average molecular weight is 353 g/mol. The van der Waals surface area contributed by atoms with Crippen LogP contribution in [0.2, 0.25) is 5.02 Å². The van der Waals surface area contributed by atoms with Gasteiger partial charge in [0.15, 0.2) is 0 Å². The number of nitrogens with one attached hydrogen (secondary N) is 1. The van der Waals surface area contributed by atoms with E-state index in [1.165, 1.54) is 16.7 Å². The summed E-state index contributed by atoms with van der Waals surface area (Å²) in [6.45, 7) is 7.15. The van der Waals surface area contributed by atoms with Gasteiger partial charge in [-0.2, -0.15) is 0 Å². The van der Waals surface area contributed by atoms with Crippen molar-refractivity contribution in [1.82, 2.24) is 5.32 Å². The van der Waals surface area contributed by atoms with Gasteiger partial charge >= 0.3 is 0 Å². The van der Waals surface area contributed by atoms with Crippen LogP contribution >= 0.6 is 27.5 Å². The molecular weight excluding hydrogens is 334 g/mol. The van der Waals surface area contributed by atoms with Gasteiger partial charge in [-0.25, -0.2) is 0 Å². The molecule has 1 N–H and O–H groups in total. The molecule has 2 aromatic carbocycles. The molecule has 0 radical (unpaired) electrons. The third kappa shape index (κ3) is 3.25. The van der Waals surface area contributed by atoms with Crippen molar-refractivity contribution in [1.29, 1.82) is 0 Å². The van der Waals surface area contributed by atoms with Gasteiger partial charge in [-0.15, -0.1) is 0 Å². The maximum absolute atomic E-state index is 6.28. The van der Waals surface area contributed by atoms with Crippen LogP contribution in [0.15, 0.2) is 40.9 Å². The van der Waals surface area contributed by atoms with E-state index in [-0.39, 0.29) is 6.04 Å². The van der Waals surface area contributed by atoms with Gasteiger partial charge in [0.05, 0.1) is 6.04 Å². The molecule has 1 atom stereocenters. The number of hydrogen-bond acceptors (Lipinski definition) is 1. The van der Waals surface area contributed by atoms with Gasteiger partial charge in [0.2, 0.25) is 0 Å². The van der Waals surface area contributed by atoms with E-state index < -0.39 is 0 Å². The highest BCUT2D eigenvalue weighted by Crippen LogP contribution is 2.32. The van der Waals surface area contributed by atoms with Gasteiger partial charge in [-0.1, -0.05) is 64.8 Å². The Bertz CT molecular complexity index is 610. The fourth-order valence-corrected chi connectivity index (χ4v) is 2.98. The lowest BCUT2D eigenvalue weighted by Crippen LogP contribution is -2.22. The molecule has 0 bridgehead atoms. The van der Waals surface area contributed by atoms with Crippen molar-refractivity contribution in [2.75, 3.05) is 6.54 Å². The van der Waals surface area contributed by atoms with Crippen LogP contribution in [0, 0.1) is 13.8 Å². The highest BCUT2D eigenvalue weighted by molar-refractivity contribution is 9.10. The summed E-state index contributed by atoms with van der Waals surface area (Å²) < 4.78 is 1.16. The molecule has 0 saturated heterocycles. The predicted octanol–water partition coefficient (Wildman–Crippen LogP) is 5.42. The fraction of sp³-hybridized carbons (Fsp3) is 0.294. The van der Waals surface area contributed by atoms with Crippen LogP contribution in [0.4, 0.5) is 0 Å². The minimum atomic E-state index is 0.146. The van der Waals surface area contributed by atoms with Crippen molar-refractivity contribution in [2.24, 2.45) is 0 Å². The summed E-state index contributed by atoms with van der Waals surface area (Å²) in [5, 5.41) is 4.36. The molecule has 0 fully saturated rings. The average Bonchev–Trinajstić information content (AvgIpc) is 2.43. The second kappa shape index (κ2) is 6.75. The number of benzene rings is 2. The molecule has 2 aromatic rings. The zero-order valence-electron chi connectivity index (χ0n) is 12.0. The summed E-state index contributed by atoms with van der Waals surface area (Å²) in [4.78, 5) is 0. The lowest BCUT2D eigenvalue weighted by molar-refractivity contribution is 0.628. The number of hydrogen-bond donors (Lipinski definition) is 1. The maximum Gasteiger partial charge on any atom is 0.0588 e. The molecule has 0 amide bonds. The third-order valence-corrected chi connectivity index (χ3v) is 4.96. The topological polar surface area (TPSA) is 12.0 Å². The SMILES string of the molecule is CCNC(c1ccc(C)c(Cl)c1)c1cccc(C)c1Br. The highest BCUT2D eigenvalue weighted by atomic mass is 79.9. The molecule has 0 aliphatic heterocycles. The van der Waals surface area contributed by atoms with E-state index in [1.807, 2.05) is 6.92 Å². The maximum atomic E-state index is 6.28. The second-order valence-electron chi connectivity index (χ2n) is 4.98. The summed E-state index contributed by atoms with van der Waals surface area (Å²) in [5.74, 6) is 0. The molecule has 0 aliphatic rings. The Labute approximate surface area is 134 Å². The molecule has 0 heterocycles. The van der Waals surface area contributed by atoms with Crippen molar-refractivity contribution in [3.8, 4) is 0 Å². The minimum Gasteiger partial charge on any atom is -0.306 e. The van der Waals surface area contributed by atoms with Gasteiger partial charge in [-0.3, -0.25) is 0 Å². The monoisotopic (exact) mass is 351 g/mol. The summed E-state index contributed by atoms with van der Waals surface area (Å²) >= 11 is 9.99. The molecule has 3 heteroatoms. The first kappa shape index (κ1) is 15.6. The normalized spacial score (nSPS) is 12.4. The van der Waals surface area contributed by atoms with Gasteiger partial charge in [-0.05, 0) is 48.7 Å². The van der Waals surface area contributed by atoms with E-state index in [0.29, 0.717) is 0 Å².